The first-order chi connectivity index (χ1) is 11.2. The number of aryl methyl sites for hydroxylation is 1. The van der Waals surface area contributed by atoms with E-state index in [-0.39, 0.29) is 11.8 Å². The fourth-order valence-electron chi connectivity index (χ4n) is 3.28. The second-order valence-electron chi connectivity index (χ2n) is 5.88. The van der Waals surface area contributed by atoms with Crippen LogP contribution in [0.4, 0.5) is 5.69 Å². The quantitative estimate of drug-likeness (QED) is 0.731. The van der Waals surface area contributed by atoms with E-state index in [4.69, 9.17) is 0 Å². The topological polar surface area (TPSA) is 75.6 Å². The van der Waals surface area contributed by atoms with E-state index in [1.807, 2.05) is 29.9 Å². The molecule has 0 fully saturated rings. The molecule has 1 amide bonds. The number of anilines is 1. The molecule has 6 heteroatoms. The van der Waals surface area contributed by atoms with Crippen molar-refractivity contribution in [3.8, 4) is 0 Å². The summed E-state index contributed by atoms with van der Waals surface area (Å²) >= 11 is 0. The van der Waals surface area contributed by atoms with Crippen LogP contribution in [0.15, 0.2) is 37.2 Å². The van der Waals surface area contributed by atoms with Gasteiger partial charge in [0.25, 0.3) is 0 Å². The molecule has 6 nitrogen and oxygen atoms in total. The Morgan fingerprint density at radius 3 is 3.13 bits per heavy atom. The van der Waals surface area contributed by atoms with Crippen molar-refractivity contribution >= 4 is 22.5 Å². The van der Waals surface area contributed by atoms with E-state index in [1.54, 1.807) is 6.20 Å². The molecule has 0 radical (unpaired) electrons. The fourth-order valence-corrected chi connectivity index (χ4v) is 3.28. The Bertz CT molecular complexity index is 920. The van der Waals surface area contributed by atoms with E-state index in [0.29, 0.717) is 13.0 Å². The third-order valence-electron chi connectivity index (χ3n) is 4.33. The fraction of sp³-hybridized carbons (Fsp3) is 0.235. The van der Waals surface area contributed by atoms with Crippen molar-refractivity contribution in [3.63, 3.8) is 0 Å². The predicted octanol–water partition coefficient (Wildman–Crippen LogP) is 2.73. The molecule has 0 aliphatic carbocycles. The lowest BCUT2D eigenvalue weighted by Gasteiger charge is -2.25. The maximum atomic E-state index is 12.1. The molecule has 1 aromatic carbocycles. The van der Waals surface area contributed by atoms with Crippen molar-refractivity contribution in [2.45, 2.75) is 25.8 Å². The minimum Gasteiger partial charge on any atom is -0.326 e. The molecule has 4 rings (SSSR count). The summed E-state index contributed by atoms with van der Waals surface area (Å²) in [6, 6.07) is 4.05. The van der Waals surface area contributed by atoms with Gasteiger partial charge in [-0.25, -0.2) is 0 Å². The summed E-state index contributed by atoms with van der Waals surface area (Å²) in [6.45, 7) is 6.39. The number of benzene rings is 1. The number of aromatic amines is 1. The van der Waals surface area contributed by atoms with Gasteiger partial charge in [-0.05, 0) is 24.6 Å². The van der Waals surface area contributed by atoms with Crippen molar-refractivity contribution in [1.82, 2.24) is 20.0 Å². The number of carbonyl (C=O) groups is 1. The maximum absolute atomic E-state index is 12.1. The van der Waals surface area contributed by atoms with Gasteiger partial charge in [-0.15, -0.1) is 6.58 Å². The molecule has 0 bridgehead atoms. The first-order valence-corrected chi connectivity index (χ1v) is 7.57. The lowest BCUT2D eigenvalue weighted by molar-refractivity contribution is -0.116. The monoisotopic (exact) mass is 307 g/mol. The lowest BCUT2D eigenvalue weighted by Crippen LogP contribution is -2.23. The maximum Gasteiger partial charge on any atom is 0.225 e. The highest BCUT2D eigenvalue weighted by Crippen LogP contribution is 2.39. The molecule has 116 valence electrons. The van der Waals surface area contributed by atoms with E-state index >= 15 is 0 Å². The number of allylic oxidation sites excluding steroid dienone is 1. The van der Waals surface area contributed by atoms with Gasteiger partial charge >= 0.3 is 0 Å². The molecule has 2 aromatic heterocycles. The normalized spacial score (nSPS) is 17.1. The Kier molecular flexibility index (Phi) is 3.04. The lowest BCUT2D eigenvalue weighted by atomic mass is 9.84. The molecular weight excluding hydrogens is 290 g/mol. The average Bonchev–Trinajstić information content (AvgIpc) is 3.10. The zero-order valence-electron chi connectivity index (χ0n) is 12.8. The zero-order valence-corrected chi connectivity index (χ0v) is 12.8. The largest absolute Gasteiger partial charge is 0.326 e. The van der Waals surface area contributed by atoms with Crippen LogP contribution < -0.4 is 5.32 Å². The van der Waals surface area contributed by atoms with Crippen molar-refractivity contribution in [3.05, 3.63) is 54.0 Å². The van der Waals surface area contributed by atoms with Gasteiger partial charge in [0.1, 0.15) is 0 Å². The van der Waals surface area contributed by atoms with Gasteiger partial charge in [-0.2, -0.15) is 10.2 Å². The highest BCUT2D eigenvalue weighted by Gasteiger charge is 2.29. The smallest absolute Gasteiger partial charge is 0.225 e. The molecule has 1 unspecified atom stereocenters. The SMILES string of the molecule is C=CCn1cc(C2CC(=O)Nc3cc4[nH]ncc4cc32)c(C)n1. The predicted molar refractivity (Wildman–Crippen MR) is 88.3 cm³/mol. The number of aromatic nitrogens is 4. The number of carbonyl (C=O) groups excluding carboxylic acids is 1. The van der Waals surface area contributed by atoms with Crippen LogP contribution in [0.1, 0.15) is 29.2 Å². The summed E-state index contributed by atoms with van der Waals surface area (Å²) in [5.41, 5.74) is 4.91. The number of amides is 1. The van der Waals surface area contributed by atoms with E-state index < -0.39 is 0 Å². The molecular formula is C17H17N5O. The molecule has 1 aliphatic heterocycles. The Morgan fingerprint density at radius 2 is 2.30 bits per heavy atom. The highest BCUT2D eigenvalue weighted by atomic mass is 16.1. The molecule has 23 heavy (non-hydrogen) atoms. The number of H-pyrrole nitrogens is 1. The van der Waals surface area contributed by atoms with Gasteiger partial charge in [0.15, 0.2) is 0 Å². The molecule has 1 aliphatic rings. The van der Waals surface area contributed by atoms with Gasteiger partial charge in [-0.1, -0.05) is 6.08 Å². The van der Waals surface area contributed by atoms with Crippen molar-refractivity contribution in [1.29, 1.82) is 0 Å². The molecule has 3 aromatic rings. The average molecular weight is 307 g/mol. The first-order valence-electron chi connectivity index (χ1n) is 7.57. The molecule has 0 spiro atoms. The van der Waals surface area contributed by atoms with E-state index in [9.17, 15) is 4.79 Å². The number of rotatable bonds is 3. The molecule has 3 heterocycles. The van der Waals surface area contributed by atoms with Gasteiger partial charge in [0.05, 0.1) is 24.0 Å². The number of hydrogen-bond acceptors (Lipinski definition) is 3. The highest BCUT2D eigenvalue weighted by molar-refractivity contribution is 5.98. The summed E-state index contributed by atoms with van der Waals surface area (Å²) < 4.78 is 1.86. The van der Waals surface area contributed by atoms with E-state index in [1.165, 1.54) is 0 Å². The van der Waals surface area contributed by atoms with Gasteiger partial charge in [0.2, 0.25) is 5.91 Å². The first kappa shape index (κ1) is 13.8. The Labute approximate surface area is 133 Å². The number of fused-ring (bicyclic) bond motifs is 2. The summed E-state index contributed by atoms with van der Waals surface area (Å²) in [7, 11) is 0. The summed E-state index contributed by atoms with van der Waals surface area (Å²) in [5, 5.41) is 15.5. The van der Waals surface area contributed by atoms with Crippen LogP contribution in [0.3, 0.4) is 0 Å². The molecule has 1 atom stereocenters. The Balaban J connectivity index is 1.86. The van der Waals surface area contributed by atoms with Crippen LogP contribution >= 0.6 is 0 Å². The van der Waals surface area contributed by atoms with Gasteiger partial charge < -0.3 is 5.32 Å². The number of nitrogens with one attached hydrogen (secondary N) is 2. The molecule has 2 N–H and O–H groups in total. The van der Waals surface area contributed by atoms with Gasteiger partial charge in [0, 0.05) is 35.2 Å². The summed E-state index contributed by atoms with van der Waals surface area (Å²) in [5.74, 6) is 0.0360. The number of nitrogens with zero attached hydrogens (tertiary/aromatic N) is 3. The van der Waals surface area contributed by atoms with Crippen LogP contribution in [-0.2, 0) is 11.3 Å². The second-order valence-corrected chi connectivity index (χ2v) is 5.88. The van der Waals surface area contributed by atoms with E-state index in [0.717, 1.165) is 33.4 Å². The van der Waals surface area contributed by atoms with Crippen molar-refractivity contribution < 1.29 is 4.79 Å². The minimum absolute atomic E-state index is 0.0108. The second kappa shape index (κ2) is 5.08. The van der Waals surface area contributed by atoms with Crippen LogP contribution in [0.5, 0.6) is 0 Å². The summed E-state index contributed by atoms with van der Waals surface area (Å²) in [6.07, 6.45) is 6.06. The van der Waals surface area contributed by atoms with Crippen LogP contribution in [-0.4, -0.2) is 25.9 Å². The van der Waals surface area contributed by atoms with Crippen molar-refractivity contribution in [2.24, 2.45) is 0 Å². The summed E-state index contributed by atoms with van der Waals surface area (Å²) in [4.78, 5) is 12.1. The van der Waals surface area contributed by atoms with Gasteiger partial charge in [-0.3, -0.25) is 14.6 Å². The molecule has 0 saturated carbocycles. The van der Waals surface area contributed by atoms with Crippen LogP contribution in [0.2, 0.25) is 0 Å². The zero-order chi connectivity index (χ0) is 16.0. The number of hydrogen-bond donors (Lipinski definition) is 2. The Morgan fingerprint density at radius 1 is 1.43 bits per heavy atom. The van der Waals surface area contributed by atoms with Crippen LogP contribution in [0.25, 0.3) is 10.9 Å². The third kappa shape index (κ3) is 2.23. The minimum atomic E-state index is 0.0108. The third-order valence-corrected chi connectivity index (χ3v) is 4.33. The van der Waals surface area contributed by atoms with E-state index in [2.05, 4.69) is 33.3 Å². The molecule has 0 saturated heterocycles. The van der Waals surface area contributed by atoms with Crippen LogP contribution in [0, 0.1) is 6.92 Å². The Hall–Kier alpha value is -2.89. The van der Waals surface area contributed by atoms with Crippen molar-refractivity contribution in [2.75, 3.05) is 5.32 Å². The standard InChI is InChI=1S/C17H17N5O/c1-3-4-22-9-14(10(2)21-22)12-6-17(23)19-16-7-15-11(5-13(12)16)8-18-20-15/h3,5,7-9,12H,1,4,6H2,2H3,(H,18,20)(H,19,23).